The maximum absolute atomic E-state index is 8.31. The van der Waals surface area contributed by atoms with Crippen LogP contribution in [0.3, 0.4) is 0 Å². The summed E-state index contributed by atoms with van der Waals surface area (Å²) in [5.74, 6) is 0. The molecule has 0 radical (unpaired) electrons. The van der Waals surface area contributed by atoms with Crippen LogP contribution in [0.4, 0.5) is 0 Å². The van der Waals surface area contributed by atoms with E-state index in [1.54, 1.807) is 6.92 Å². The van der Waals surface area contributed by atoms with Crippen LogP contribution in [0, 0.1) is 0 Å². The predicted molar refractivity (Wildman–Crippen MR) is 35.6 cm³/mol. The van der Waals surface area contributed by atoms with Crippen molar-refractivity contribution >= 4 is 8.60 Å². The number of rotatable bonds is 4. The second kappa shape index (κ2) is 5.09. The Hall–Kier alpha value is 0.270. The molecule has 0 amide bonds. The van der Waals surface area contributed by atoms with E-state index in [2.05, 4.69) is 4.52 Å². The number of hydrogen-bond acceptors (Lipinski definition) is 4. The molecule has 0 rings (SSSR count). The molecule has 0 aromatic heterocycles. The summed E-state index contributed by atoms with van der Waals surface area (Å²) in [6.45, 7) is 2.25. The van der Waals surface area contributed by atoms with Gasteiger partial charge in [-0.1, -0.05) is 0 Å². The molecule has 0 fully saturated rings. The summed E-state index contributed by atoms with van der Waals surface area (Å²) in [5.41, 5.74) is 5.17. The molecule has 0 aliphatic rings. The van der Waals surface area contributed by atoms with Gasteiger partial charge in [0.2, 0.25) is 0 Å². The summed E-state index contributed by atoms with van der Waals surface area (Å²) < 4.78 is 4.59. The first kappa shape index (κ1) is 9.27. The van der Waals surface area contributed by atoms with Gasteiger partial charge in [-0.25, -0.2) is 0 Å². The van der Waals surface area contributed by atoms with Gasteiger partial charge in [-0.2, -0.15) is 0 Å². The van der Waals surface area contributed by atoms with Crippen LogP contribution in [-0.4, -0.2) is 22.4 Å². The molecule has 0 saturated carbocycles. The normalized spacial score (nSPS) is 14.3. The van der Waals surface area contributed by atoms with E-state index in [0.29, 0.717) is 13.0 Å². The third-order valence-corrected chi connectivity index (χ3v) is 1.40. The molecule has 1 atom stereocenters. The quantitative estimate of drug-likeness (QED) is 0.495. The van der Waals surface area contributed by atoms with Gasteiger partial charge in [0.15, 0.2) is 0 Å². The molecule has 0 aliphatic heterocycles. The molecule has 0 spiro atoms. The van der Waals surface area contributed by atoms with Gasteiger partial charge in [0.25, 0.3) is 0 Å². The second-order valence-electron chi connectivity index (χ2n) is 1.75. The molecule has 1 unspecified atom stereocenters. The van der Waals surface area contributed by atoms with Crippen molar-refractivity contribution in [1.82, 2.24) is 0 Å². The first-order valence-electron chi connectivity index (χ1n) is 2.71. The van der Waals surface area contributed by atoms with Crippen molar-refractivity contribution in [3.63, 3.8) is 0 Å². The fourth-order valence-electron chi connectivity index (χ4n) is 0.448. The van der Waals surface area contributed by atoms with Crippen LogP contribution in [0.25, 0.3) is 0 Å². The van der Waals surface area contributed by atoms with Crippen molar-refractivity contribution in [2.45, 2.75) is 19.4 Å². The molecule has 0 bridgehead atoms. The van der Waals surface area contributed by atoms with Gasteiger partial charge in [0, 0.05) is 0 Å². The van der Waals surface area contributed by atoms with E-state index in [0.717, 1.165) is 0 Å². The smallest absolute Gasteiger partial charge is 0.327 e. The minimum Gasteiger partial charge on any atom is -0.330 e. The highest BCUT2D eigenvalue weighted by molar-refractivity contribution is 7.39. The first-order chi connectivity index (χ1) is 4.16. The van der Waals surface area contributed by atoms with Crippen LogP contribution in [0.1, 0.15) is 13.3 Å². The van der Waals surface area contributed by atoms with Crippen molar-refractivity contribution < 1.29 is 14.3 Å². The van der Waals surface area contributed by atoms with E-state index in [1.807, 2.05) is 0 Å². The summed E-state index contributed by atoms with van der Waals surface area (Å²) in [6, 6.07) is 0. The van der Waals surface area contributed by atoms with Crippen LogP contribution in [0.2, 0.25) is 0 Å². The van der Waals surface area contributed by atoms with E-state index < -0.39 is 8.60 Å². The zero-order valence-electron chi connectivity index (χ0n) is 5.32. The highest BCUT2D eigenvalue weighted by atomic mass is 31.2. The maximum atomic E-state index is 8.31. The minimum absolute atomic E-state index is 0.156. The summed E-state index contributed by atoms with van der Waals surface area (Å²) in [7, 11) is -2.21. The molecule has 9 heavy (non-hydrogen) atoms. The Kier molecular flexibility index (Phi) is 5.24. The Bertz CT molecular complexity index is 70.8. The van der Waals surface area contributed by atoms with Gasteiger partial charge in [-0.15, -0.1) is 0 Å². The average Bonchev–Trinajstić information content (AvgIpc) is 1.63. The lowest BCUT2D eigenvalue weighted by Crippen LogP contribution is -2.11. The van der Waals surface area contributed by atoms with Crippen molar-refractivity contribution in [1.29, 1.82) is 0 Å². The van der Waals surface area contributed by atoms with Gasteiger partial charge in [-0.05, 0) is 19.9 Å². The summed E-state index contributed by atoms with van der Waals surface area (Å²) in [6.07, 6.45) is 0.496. The van der Waals surface area contributed by atoms with Gasteiger partial charge in [0.1, 0.15) is 0 Å². The second-order valence-corrected chi connectivity index (χ2v) is 2.46. The molecule has 4 N–H and O–H groups in total. The highest BCUT2D eigenvalue weighted by Crippen LogP contribution is 2.27. The molecule has 0 aromatic carbocycles. The van der Waals surface area contributed by atoms with E-state index in [-0.39, 0.29) is 6.10 Å². The molecule has 0 aromatic rings. The van der Waals surface area contributed by atoms with Crippen molar-refractivity contribution in [3.05, 3.63) is 0 Å². The zero-order chi connectivity index (χ0) is 7.28. The largest absolute Gasteiger partial charge is 0.330 e. The molecular formula is C4H12NO3P. The van der Waals surface area contributed by atoms with E-state index in [4.69, 9.17) is 15.5 Å². The number of nitrogens with two attached hydrogens (primary N) is 1. The predicted octanol–water partition coefficient (Wildman–Crippen LogP) is -0.0482. The lowest BCUT2D eigenvalue weighted by molar-refractivity contribution is 0.180. The Balaban J connectivity index is 3.15. The fraction of sp³-hybridized carbons (Fsp3) is 1.00. The van der Waals surface area contributed by atoms with Crippen LogP contribution in [0.15, 0.2) is 0 Å². The van der Waals surface area contributed by atoms with Crippen LogP contribution < -0.4 is 5.73 Å². The molecule has 0 aliphatic carbocycles. The summed E-state index contributed by atoms with van der Waals surface area (Å²) in [5, 5.41) is 0. The van der Waals surface area contributed by atoms with E-state index in [1.165, 1.54) is 0 Å². The fourth-order valence-corrected chi connectivity index (χ4v) is 0.876. The molecule has 4 nitrogen and oxygen atoms in total. The van der Waals surface area contributed by atoms with Crippen molar-refractivity contribution in [2.24, 2.45) is 5.73 Å². The lowest BCUT2D eigenvalue weighted by atomic mass is 10.3. The van der Waals surface area contributed by atoms with E-state index >= 15 is 0 Å². The first-order valence-corrected chi connectivity index (χ1v) is 3.88. The molecule has 0 heterocycles. The average molecular weight is 153 g/mol. The van der Waals surface area contributed by atoms with Crippen LogP contribution in [0.5, 0.6) is 0 Å². The van der Waals surface area contributed by atoms with Crippen LogP contribution in [-0.2, 0) is 4.52 Å². The Morgan fingerprint density at radius 1 is 1.67 bits per heavy atom. The van der Waals surface area contributed by atoms with Crippen LogP contribution >= 0.6 is 8.60 Å². The zero-order valence-corrected chi connectivity index (χ0v) is 6.21. The standard InChI is InChI=1S/C4H12NO3P/c1-4(2-3-5)8-9(6)7/h4,6-7H,2-3,5H2,1H3. The maximum Gasteiger partial charge on any atom is 0.327 e. The lowest BCUT2D eigenvalue weighted by Gasteiger charge is -2.10. The molecule has 5 heteroatoms. The molecule has 0 saturated heterocycles. The highest BCUT2D eigenvalue weighted by Gasteiger charge is 2.05. The van der Waals surface area contributed by atoms with Gasteiger partial charge >= 0.3 is 8.60 Å². The topological polar surface area (TPSA) is 75.7 Å². The summed E-state index contributed by atoms with van der Waals surface area (Å²) >= 11 is 0. The third kappa shape index (κ3) is 6.15. The summed E-state index contributed by atoms with van der Waals surface area (Å²) in [4.78, 5) is 16.6. The van der Waals surface area contributed by atoms with Gasteiger partial charge in [-0.3, -0.25) is 0 Å². The Labute approximate surface area is 55.6 Å². The number of hydrogen-bond donors (Lipinski definition) is 3. The van der Waals surface area contributed by atoms with E-state index in [9.17, 15) is 0 Å². The SMILES string of the molecule is CC(CCN)OP(O)O. The van der Waals surface area contributed by atoms with Crippen molar-refractivity contribution in [3.8, 4) is 0 Å². The van der Waals surface area contributed by atoms with Gasteiger partial charge in [0.05, 0.1) is 6.10 Å². The minimum atomic E-state index is -2.21. The monoisotopic (exact) mass is 153 g/mol. The molecule has 56 valence electrons. The van der Waals surface area contributed by atoms with Gasteiger partial charge < -0.3 is 20.0 Å². The third-order valence-electron chi connectivity index (χ3n) is 0.847. The Morgan fingerprint density at radius 3 is 2.56 bits per heavy atom. The molecular weight excluding hydrogens is 141 g/mol. The Morgan fingerprint density at radius 2 is 2.22 bits per heavy atom. The van der Waals surface area contributed by atoms with Crippen molar-refractivity contribution in [2.75, 3.05) is 6.54 Å².